The van der Waals surface area contributed by atoms with Crippen LogP contribution in [0.25, 0.3) is 0 Å². The zero-order valence-electron chi connectivity index (χ0n) is 9.69. The van der Waals surface area contributed by atoms with Crippen LogP contribution < -0.4 is 5.73 Å². The Labute approximate surface area is 97.0 Å². The minimum atomic E-state index is -0.291. The summed E-state index contributed by atoms with van der Waals surface area (Å²) in [7, 11) is 0. The van der Waals surface area contributed by atoms with E-state index in [2.05, 4.69) is 6.92 Å². The minimum Gasteiger partial charge on any atom is -0.393 e. The molecule has 0 bridgehead atoms. The monoisotopic (exact) mass is 228 g/mol. The number of rotatable bonds is 3. The second kappa shape index (κ2) is 4.92. The molecule has 4 heteroatoms. The predicted octanol–water partition coefficient (Wildman–Crippen LogP) is 1.56. The third-order valence-electron chi connectivity index (χ3n) is 3.08. The molecule has 1 rings (SSSR count). The Morgan fingerprint density at radius 1 is 1.53 bits per heavy atom. The molecule has 1 aliphatic rings. The van der Waals surface area contributed by atoms with Crippen molar-refractivity contribution in [1.29, 1.82) is 0 Å². The van der Waals surface area contributed by atoms with Gasteiger partial charge >= 0.3 is 0 Å². The quantitative estimate of drug-likeness (QED) is 0.746. The van der Waals surface area contributed by atoms with E-state index in [1.54, 1.807) is 0 Å². The van der Waals surface area contributed by atoms with Crippen molar-refractivity contribution in [1.82, 2.24) is 4.90 Å². The van der Waals surface area contributed by atoms with E-state index in [1.165, 1.54) is 0 Å². The lowest BCUT2D eigenvalue weighted by atomic mass is 9.94. The van der Waals surface area contributed by atoms with Crippen LogP contribution in [0.1, 0.15) is 33.6 Å². The number of carbonyl (C=O) groups is 1. The first-order valence-electron chi connectivity index (χ1n) is 5.55. The van der Waals surface area contributed by atoms with Crippen molar-refractivity contribution >= 4 is 23.1 Å². The zero-order valence-corrected chi connectivity index (χ0v) is 10.5. The van der Waals surface area contributed by atoms with Crippen molar-refractivity contribution in [2.24, 2.45) is 17.6 Å². The molecule has 1 amide bonds. The van der Waals surface area contributed by atoms with E-state index >= 15 is 0 Å². The molecule has 0 aliphatic carbocycles. The molecule has 0 aromatic carbocycles. The van der Waals surface area contributed by atoms with Crippen LogP contribution in [0.4, 0.5) is 0 Å². The number of hydrogen-bond acceptors (Lipinski definition) is 2. The Morgan fingerprint density at radius 2 is 2.13 bits per heavy atom. The number of nitrogens with two attached hydrogens (primary N) is 1. The number of thiocarbonyl (C=S) groups is 1. The van der Waals surface area contributed by atoms with E-state index in [-0.39, 0.29) is 17.7 Å². The molecule has 2 N–H and O–H groups in total. The fourth-order valence-electron chi connectivity index (χ4n) is 2.17. The van der Waals surface area contributed by atoms with Gasteiger partial charge in [0.05, 0.1) is 10.9 Å². The normalized spacial score (nSPS) is 23.2. The number of carbonyl (C=O) groups excluding carboxylic acids is 1. The number of hydrogen-bond donors (Lipinski definition) is 1. The molecule has 1 saturated heterocycles. The zero-order chi connectivity index (χ0) is 11.6. The summed E-state index contributed by atoms with van der Waals surface area (Å²) in [5.41, 5.74) is 5.64. The molecule has 15 heavy (non-hydrogen) atoms. The predicted molar refractivity (Wildman–Crippen MR) is 65.5 cm³/mol. The summed E-state index contributed by atoms with van der Waals surface area (Å²) >= 11 is 4.97. The van der Waals surface area contributed by atoms with Crippen LogP contribution in [0.5, 0.6) is 0 Å². The van der Waals surface area contributed by atoms with E-state index in [0.29, 0.717) is 11.0 Å². The largest absolute Gasteiger partial charge is 0.393 e. The van der Waals surface area contributed by atoms with Crippen LogP contribution in [0.2, 0.25) is 0 Å². The first-order valence-corrected chi connectivity index (χ1v) is 5.95. The molecule has 0 radical (unpaired) electrons. The lowest BCUT2D eigenvalue weighted by molar-refractivity contribution is -0.134. The second-order valence-electron chi connectivity index (χ2n) is 4.65. The summed E-state index contributed by atoms with van der Waals surface area (Å²) in [6, 6.07) is 0.341. The number of likely N-dealkylation sites (tertiary alicyclic amines) is 1. The third kappa shape index (κ3) is 2.68. The SMILES string of the molecule is CC(C)C(C(=O)N1CCCC1C)C(N)=S. The fourth-order valence-corrected chi connectivity index (χ4v) is 2.55. The Kier molecular flexibility index (Phi) is 4.08. The maximum Gasteiger partial charge on any atom is 0.233 e. The van der Waals surface area contributed by atoms with Crippen LogP contribution in [0.15, 0.2) is 0 Å². The molecule has 1 fully saturated rings. The highest BCUT2D eigenvalue weighted by atomic mass is 32.1. The van der Waals surface area contributed by atoms with Crippen molar-refractivity contribution in [3.05, 3.63) is 0 Å². The van der Waals surface area contributed by atoms with Crippen molar-refractivity contribution in [3.8, 4) is 0 Å². The van der Waals surface area contributed by atoms with E-state index in [0.717, 1.165) is 19.4 Å². The Hall–Kier alpha value is -0.640. The van der Waals surface area contributed by atoms with E-state index in [1.807, 2.05) is 18.7 Å². The molecular weight excluding hydrogens is 208 g/mol. The standard InChI is InChI=1S/C11H20N2OS/c1-7(2)9(10(12)15)11(14)13-6-4-5-8(13)3/h7-9H,4-6H2,1-3H3,(H2,12,15). The van der Waals surface area contributed by atoms with E-state index < -0.39 is 0 Å². The van der Waals surface area contributed by atoms with Gasteiger partial charge < -0.3 is 10.6 Å². The summed E-state index contributed by atoms with van der Waals surface area (Å²) in [6.07, 6.45) is 2.18. The molecule has 2 unspecified atom stereocenters. The summed E-state index contributed by atoms with van der Waals surface area (Å²) in [5.74, 6) is 0.00542. The lowest BCUT2D eigenvalue weighted by Gasteiger charge is -2.28. The van der Waals surface area contributed by atoms with Gasteiger partial charge in [0.15, 0.2) is 0 Å². The van der Waals surface area contributed by atoms with Gasteiger partial charge in [-0.1, -0.05) is 26.1 Å². The molecule has 0 saturated carbocycles. The van der Waals surface area contributed by atoms with E-state index in [9.17, 15) is 4.79 Å². The van der Waals surface area contributed by atoms with Crippen molar-refractivity contribution in [2.75, 3.05) is 6.54 Å². The van der Waals surface area contributed by atoms with Crippen LogP contribution in [-0.2, 0) is 4.79 Å². The van der Waals surface area contributed by atoms with Crippen LogP contribution in [-0.4, -0.2) is 28.4 Å². The summed E-state index contributed by atoms with van der Waals surface area (Å²) in [4.78, 5) is 14.4. The second-order valence-corrected chi connectivity index (χ2v) is 5.12. The molecule has 1 aliphatic heterocycles. The highest BCUT2D eigenvalue weighted by Crippen LogP contribution is 2.22. The highest BCUT2D eigenvalue weighted by Gasteiger charge is 2.33. The summed E-state index contributed by atoms with van der Waals surface area (Å²) in [6.45, 7) is 6.92. The first kappa shape index (κ1) is 12.4. The van der Waals surface area contributed by atoms with Gasteiger partial charge in [0, 0.05) is 12.6 Å². The van der Waals surface area contributed by atoms with Gasteiger partial charge in [-0.3, -0.25) is 4.79 Å². The highest BCUT2D eigenvalue weighted by molar-refractivity contribution is 7.80. The van der Waals surface area contributed by atoms with Gasteiger partial charge in [-0.05, 0) is 25.7 Å². The number of amides is 1. The van der Waals surface area contributed by atoms with E-state index in [4.69, 9.17) is 18.0 Å². The lowest BCUT2D eigenvalue weighted by Crippen LogP contribution is -2.44. The maximum atomic E-state index is 12.2. The van der Waals surface area contributed by atoms with Gasteiger partial charge in [0.1, 0.15) is 0 Å². The topological polar surface area (TPSA) is 46.3 Å². The molecule has 2 atom stereocenters. The van der Waals surface area contributed by atoms with Crippen LogP contribution >= 0.6 is 12.2 Å². The summed E-state index contributed by atoms with van der Waals surface area (Å²) in [5, 5.41) is 0. The van der Waals surface area contributed by atoms with Crippen molar-refractivity contribution in [2.45, 2.75) is 39.7 Å². The maximum absolute atomic E-state index is 12.2. The molecule has 86 valence electrons. The van der Waals surface area contributed by atoms with Crippen LogP contribution in [0.3, 0.4) is 0 Å². The molecular formula is C11H20N2OS. The Morgan fingerprint density at radius 3 is 2.47 bits per heavy atom. The third-order valence-corrected chi connectivity index (χ3v) is 3.33. The molecule has 0 aromatic rings. The molecule has 1 heterocycles. The number of nitrogens with zero attached hydrogens (tertiary/aromatic N) is 1. The fraction of sp³-hybridized carbons (Fsp3) is 0.818. The van der Waals surface area contributed by atoms with Gasteiger partial charge in [-0.25, -0.2) is 0 Å². The molecule has 0 spiro atoms. The average Bonchev–Trinajstić information content (AvgIpc) is 2.49. The molecule has 3 nitrogen and oxygen atoms in total. The van der Waals surface area contributed by atoms with Gasteiger partial charge in [-0.2, -0.15) is 0 Å². The van der Waals surface area contributed by atoms with Gasteiger partial charge in [0.2, 0.25) is 5.91 Å². The summed E-state index contributed by atoms with van der Waals surface area (Å²) < 4.78 is 0. The van der Waals surface area contributed by atoms with Crippen molar-refractivity contribution < 1.29 is 4.79 Å². The smallest absolute Gasteiger partial charge is 0.233 e. The average molecular weight is 228 g/mol. The Balaban J connectivity index is 2.76. The Bertz CT molecular complexity index is 265. The van der Waals surface area contributed by atoms with Crippen molar-refractivity contribution in [3.63, 3.8) is 0 Å². The van der Waals surface area contributed by atoms with Crippen LogP contribution in [0, 0.1) is 11.8 Å². The first-order chi connectivity index (χ1) is 6.95. The van der Waals surface area contributed by atoms with Gasteiger partial charge in [-0.15, -0.1) is 0 Å². The van der Waals surface area contributed by atoms with Gasteiger partial charge in [0.25, 0.3) is 0 Å². The molecule has 0 aromatic heterocycles. The minimum absolute atomic E-state index is 0.113.